The molecule has 0 spiro atoms. The highest BCUT2D eigenvalue weighted by Crippen LogP contribution is 2.45. The number of amides is 1. The predicted octanol–water partition coefficient (Wildman–Crippen LogP) is 2.99. The molecule has 2 fully saturated rings. The second kappa shape index (κ2) is 6.89. The maximum absolute atomic E-state index is 11.9. The lowest BCUT2D eigenvalue weighted by molar-refractivity contribution is -0.126. The molecule has 1 aliphatic heterocycles. The summed E-state index contributed by atoms with van der Waals surface area (Å²) in [4.78, 5) is 18.6. The van der Waals surface area contributed by atoms with E-state index in [1.807, 2.05) is 25.1 Å². The summed E-state index contributed by atoms with van der Waals surface area (Å²) >= 11 is 1.54. The van der Waals surface area contributed by atoms with E-state index in [0.29, 0.717) is 0 Å². The van der Waals surface area contributed by atoms with Gasteiger partial charge in [-0.1, -0.05) is 29.9 Å². The molecule has 1 aromatic carbocycles. The molecule has 138 valence electrons. The van der Waals surface area contributed by atoms with Crippen molar-refractivity contribution in [1.82, 2.24) is 4.98 Å². The number of rotatable bonds is 5. The highest BCUT2D eigenvalue weighted by atomic mass is 32.1. The summed E-state index contributed by atoms with van der Waals surface area (Å²) in [5.74, 6) is 0.555. The van der Waals surface area contributed by atoms with Crippen LogP contribution in [-0.2, 0) is 14.9 Å². The number of nitrogens with zero attached hydrogens (tertiary/aromatic N) is 2. The van der Waals surface area contributed by atoms with Crippen LogP contribution in [0.3, 0.4) is 0 Å². The second-order valence-corrected chi connectivity index (χ2v) is 7.92. The van der Waals surface area contributed by atoms with Gasteiger partial charge in [0.2, 0.25) is 11.0 Å². The van der Waals surface area contributed by atoms with E-state index in [4.69, 9.17) is 15.2 Å². The smallest absolute Gasteiger partial charge is 0.228 e. The maximum Gasteiger partial charge on any atom is 0.228 e. The standard InChI is InChI=1S/C19H23N3O3S/c1-13-11-14(19(17(20)23)5-2-6-19)3-4-15(13)25-16-12-21-18(26-16)22-7-9-24-10-8-22/h3-4,11-12H,2,5-10H2,1H3,(H2,20,23). The van der Waals surface area contributed by atoms with Gasteiger partial charge in [-0.15, -0.1) is 0 Å². The van der Waals surface area contributed by atoms with Crippen LogP contribution in [-0.4, -0.2) is 37.2 Å². The van der Waals surface area contributed by atoms with Crippen LogP contribution < -0.4 is 15.4 Å². The molecule has 6 nitrogen and oxygen atoms in total. The SMILES string of the molecule is Cc1cc(C2(C(N)=O)CCC2)ccc1Oc1cnc(N2CCOCC2)s1. The lowest BCUT2D eigenvalue weighted by Crippen LogP contribution is -2.46. The van der Waals surface area contributed by atoms with Crippen LogP contribution in [0.1, 0.15) is 30.4 Å². The van der Waals surface area contributed by atoms with Crippen molar-refractivity contribution in [2.45, 2.75) is 31.6 Å². The number of anilines is 1. The fourth-order valence-corrected chi connectivity index (χ4v) is 4.41. The summed E-state index contributed by atoms with van der Waals surface area (Å²) in [6.07, 6.45) is 4.48. The monoisotopic (exact) mass is 373 g/mol. The number of hydrogen-bond donors (Lipinski definition) is 1. The number of thiazole rings is 1. The van der Waals surface area contributed by atoms with Crippen molar-refractivity contribution in [1.29, 1.82) is 0 Å². The van der Waals surface area contributed by atoms with Crippen molar-refractivity contribution in [3.8, 4) is 10.8 Å². The molecule has 7 heteroatoms. The molecule has 26 heavy (non-hydrogen) atoms. The Morgan fingerprint density at radius 2 is 2.12 bits per heavy atom. The van der Waals surface area contributed by atoms with Crippen LogP contribution in [0.15, 0.2) is 24.4 Å². The Kier molecular flexibility index (Phi) is 4.58. The third-order valence-electron chi connectivity index (χ3n) is 5.37. The molecule has 0 radical (unpaired) electrons. The molecule has 1 saturated carbocycles. The number of benzene rings is 1. The van der Waals surface area contributed by atoms with E-state index >= 15 is 0 Å². The molecule has 1 aromatic heterocycles. The molecular weight excluding hydrogens is 350 g/mol. The predicted molar refractivity (Wildman–Crippen MR) is 101 cm³/mol. The Morgan fingerprint density at radius 3 is 2.73 bits per heavy atom. The number of carbonyl (C=O) groups excluding carboxylic acids is 1. The Morgan fingerprint density at radius 1 is 1.35 bits per heavy atom. The molecule has 1 saturated heterocycles. The lowest BCUT2D eigenvalue weighted by Gasteiger charge is -2.39. The van der Waals surface area contributed by atoms with E-state index in [2.05, 4.69) is 9.88 Å². The summed E-state index contributed by atoms with van der Waals surface area (Å²) < 4.78 is 11.4. The fraction of sp³-hybridized carbons (Fsp3) is 0.474. The van der Waals surface area contributed by atoms with Crippen LogP contribution in [0.5, 0.6) is 10.8 Å². The van der Waals surface area contributed by atoms with Gasteiger partial charge in [0.15, 0.2) is 5.13 Å². The van der Waals surface area contributed by atoms with Crippen LogP contribution >= 0.6 is 11.3 Å². The van der Waals surface area contributed by atoms with Crippen LogP contribution in [0.4, 0.5) is 5.13 Å². The molecule has 0 bridgehead atoms. The first-order valence-electron chi connectivity index (χ1n) is 8.96. The molecule has 2 aliphatic rings. The highest BCUT2D eigenvalue weighted by molar-refractivity contribution is 7.17. The van der Waals surface area contributed by atoms with E-state index in [0.717, 1.165) is 72.6 Å². The average molecular weight is 373 g/mol. The van der Waals surface area contributed by atoms with Gasteiger partial charge >= 0.3 is 0 Å². The van der Waals surface area contributed by atoms with Gasteiger partial charge in [0.05, 0.1) is 24.8 Å². The molecule has 2 aromatic rings. The summed E-state index contributed by atoms with van der Waals surface area (Å²) in [5, 5.41) is 1.72. The minimum Gasteiger partial charge on any atom is -0.445 e. The maximum atomic E-state index is 11.9. The summed E-state index contributed by atoms with van der Waals surface area (Å²) in [5.41, 5.74) is 7.17. The third-order valence-corrected chi connectivity index (χ3v) is 6.31. The van der Waals surface area contributed by atoms with Gasteiger partial charge in [-0.25, -0.2) is 4.98 Å². The molecule has 0 atom stereocenters. The van der Waals surface area contributed by atoms with E-state index in [-0.39, 0.29) is 5.91 Å². The topological polar surface area (TPSA) is 77.7 Å². The minimum atomic E-state index is -0.489. The lowest BCUT2D eigenvalue weighted by atomic mass is 9.64. The molecule has 1 aliphatic carbocycles. The first kappa shape index (κ1) is 17.3. The van der Waals surface area contributed by atoms with E-state index in [1.54, 1.807) is 6.20 Å². The Hall–Kier alpha value is -2.12. The third kappa shape index (κ3) is 3.05. The summed E-state index contributed by atoms with van der Waals surface area (Å²) in [6, 6.07) is 5.93. The Labute approximate surface area is 156 Å². The van der Waals surface area contributed by atoms with E-state index < -0.39 is 5.41 Å². The zero-order valence-electron chi connectivity index (χ0n) is 14.9. The second-order valence-electron chi connectivity index (χ2n) is 6.94. The Balaban J connectivity index is 1.50. The first-order chi connectivity index (χ1) is 12.6. The van der Waals surface area contributed by atoms with E-state index in [1.165, 1.54) is 11.3 Å². The number of ether oxygens (including phenoxy) is 2. The van der Waals surface area contributed by atoms with Gasteiger partial charge < -0.3 is 20.1 Å². The summed E-state index contributed by atoms with van der Waals surface area (Å²) in [7, 11) is 0. The normalized spacial score (nSPS) is 19.0. The molecule has 2 N–H and O–H groups in total. The molecule has 4 rings (SSSR count). The molecule has 2 heterocycles. The number of morpholine rings is 1. The number of nitrogens with two attached hydrogens (primary N) is 1. The van der Waals surface area contributed by atoms with Gasteiger partial charge in [0.25, 0.3) is 0 Å². The quantitative estimate of drug-likeness (QED) is 0.872. The van der Waals surface area contributed by atoms with Crippen LogP contribution in [0, 0.1) is 6.92 Å². The van der Waals surface area contributed by atoms with Gasteiger partial charge in [-0.05, 0) is 37.0 Å². The van der Waals surface area contributed by atoms with Crippen molar-refractivity contribution in [3.63, 3.8) is 0 Å². The largest absolute Gasteiger partial charge is 0.445 e. The van der Waals surface area contributed by atoms with Crippen molar-refractivity contribution in [2.24, 2.45) is 5.73 Å². The minimum absolute atomic E-state index is 0.227. The molecule has 1 amide bonds. The van der Waals surface area contributed by atoms with Gasteiger partial charge in [0.1, 0.15) is 5.75 Å². The van der Waals surface area contributed by atoms with Crippen LogP contribution in [0.25, 0.3) is 0 Å². The molecule has 0 unspecified atom stereocenters. The number of aromatic nitrogens is 1. The summed E-state index contributed by atoms with van der Waals surface area (Å²) in [6.45, 7) is 5.18. The number of carbonyl (C=O) groups is 1. The zero-order chi connectivity index (χ0) is 18.1. The van der Waals surface area contributed by atoms with E-state index in [9.17, 15) is 4.79 Å². The zero-order valence-corrected chi connectivity index (χ0v) is 15.7. The van der Waals surface area contributed by atoms with Gasteiger partial charge in [0, 0.05) is 13.1 Å². The van der Waals surface area contributed by atoms with Gasteiger partial charge in [-0.2, -0.15) is 0 Å². The van der Waals surface area contributed by atoms with Crippen molar-refractivity contribution in [3.05, 3.63) is 35.5 Å². The van der Waals surface area contributed by atoms with Crippen molar-refractivity contribution >= 4 is 22.4 Å². The van der Waals surface area contributed by atoms with Gasteiger partial charge in [-0.3, -0.25) is 4.79 Å². The highest BCUT2D eigenvalue weighted by Gasteiger charge is 2.44. The number of aryl methyl sites for hydroxylation is 1. The molecular formula is C19H23N3O3S. The van der Waals surface area contributed by atoms with Crippen molar-refractivity contribution in [2.75, 3.05) is 31.2 Å². The van der Waals surface area contributed by atoms with Crippen LogP contribution in [0.2, 0.25) is 0 Å². The average Bonchev–Trinajstić information content (AvgIpc) is 3.05. The number of primary amides is 1. The fourth-order valence-electron chi connectivity index (χ4n) is 3.58. The first-order valence-corrected chi connectivity index (χ1v) is 9.77. The number of hydrogen-bond acceptors (Lipinski definition) is 6. The van der Waals surface area contributed by atoms with Crippen molar-refractivity contribution < 1.29 is 14.3 Å². The Bertz CT molecular complexity index is 810.